The molecule has 0 fully saturated rings. The summed E-state index contributed by atoms with van der Waals surface area (Å²) in [5.41, 5.74) is 5.92. The summed E-state index contributed by atoms with van der Waals surface area (Å²) in [5.74, 6) is -0.181. The second kappa shape index (κ2) is 8.40. The van der Waals surface area contributed by atoms with Crippen molar-refractivity contribution in [1.29, 1.82) is 0 Å². The summed E-state index contributed by atoms with van der Waals surface area (Å²) in [6.07, 6.45) is 0.171. The number of hydrogen-bond acceptors (Lipinski definition) is 4. The van der Waals surface area contributed by atoms with E-state index >= 15 is 0 Å². The number of rotatable bonds is 8. The average Bonchev–Trinajstić information content (AvgIpc) is 2.26. The summed E-state index contributed by atoms with van der Waals surface area (Å²) < 4.78 is 12.1. The fraction of sp³-hybridized carbons (Fsp3) is 0.857. The number of carbonyl (C=O) groups is 1. The lowest BCUT2D eigenvalue weighted by Gasteiger charge is -2.21. The van der Waals surface area contributed by atoms with Crippen LogP contribution in [0.1, 0.15) is 41.0 Å². The van der Waals surface area contributed by atoms with Gasteiger partial charge in [0.25, 0.3) is 0 Å². The zero-order valence-corrected chi connectivity index (χ0v) is 12.9. The van der Waals surface area contributed by atoms with E-state index in [2.05, 4.69) is 27.5 Å². The Morgan fingerprint density at radius 3 is 2.11 bits per heavy atom. The summed E-state index contributed by atoms with van der Waals surface area (Å²) in [6.45, 7) is 15.0. The lowest BCUT2D eigenvalue weighted by molar-refractivity contribution is -0.469. The van der Waals surface area contributed by atoms with Gasteiger partial charge in [0.15, 0.2) is 0 Å². The SMILES string of the molecule is C=[N+](CC(OCC)OCC)C(=O)[C@@H](N)CC(C)(C)C. The van der Waals surface area contributed by atoms with Crippen LogP contribution in [0.15, 0.2) is 0 Å². The summed E-state index contributed by atoms with van der Waals surface area (Å²) in [6, 6.07) is -0.540. The summed E-state index contributed by atoms with van der Waals surface area (Å²) >= 11 is 0. The zero-order chi connectivity index (χ0) is 15.1. The molecule has 0 saturated carbocycles. The van der Waals surface area contributed by atoms with Crippen molar-refractivity contribution in [3.63, 3.8) is 0 Å². The molecule has 1 amide bonds. The Kier molecular flexibility index (Phi) is 8.06. The van der Waals surface area contributed by atoms with Crippen LogP contribution in [0.3, 0.4) is 0 Å². The maximum absolute atomic E-state index is 12.1. The fourth-order valence-corrected chi connectivity index (χ4v) is 1.78. The molecule has 0 rings (SSSR count). The van der Waals surface area contributed by atoms with Gasteiger partial charge in [-0.2, -0.15) is 4.58 Å². The Hall–Kier alpha value is -0.780. The molecule has 19 heavy (non-hydrogen) atoms. The van der Waals surface area contributed by atoms with Gasteiger partial charge in [-0.25, -0.2) is 4.79 Å². The molecule has 0 radical (unpaired) electrons. The minimum Gasteiger partial charge on any atom is -0.347 e. The van der Waals surface area contributed by atoms with Crippen molar-refractivity contribution >= 4 is 12.6 Å². The maximum Gasteiger partial charge on any atom is 0.403 e. The molecule has 0 unspecified atom stereocenters. The number of carbonyl (C=O) groups excluding carboxylic acids is 1. The molecule has 0 aromatic heterocycles. The van der Waals surface area contributed by atoms with E-state index in [0.29, 0.717) is 26.2 Å². The maximum atomic E-state index is 12.1. The Balaban J connectivity index is 4.42. The Morgan fingerprint density at radius 1 is 1.26 bits per heavy atom. The van der Waals surface area contributed by atoms with E-state index in [4.69, 9.17) is 15.2 Å². The molecule has 0 saturated heterocycles. The number of nitrogens with two attached hydrogens (primary N) is 1. The van der Waals surface area contributed by atoms with Crippen LogP contribution in [0.2, 0.25) is 0 Å². The number of nitrogens with zero attached hydrogens (tertiary/aromatic N) is 1. The molecule has 1 atom stereocenters. The molecule has 2 N–H and O–H groups in total. The highest BCUT2D eigenvalue weighted by Crippen LogP contribution is 2.20. The third kappa shape index (κ3) is 8.08. The first-order chi connectivity index (χ1) is 8.71. The number of amides is 1. The highest BCUT2D eigenvalue weighted by molar-refractivity contribution is 5.74. The lowest BCUT2D eigenvalue weighted by atomic mass is 9.88. The second-order valence-corrected chi connectivity index (χ2v) is 5.77. The lowest BCUT2D eigenvalue weighted by Crippen LogP contribution is -2.43. The van der Waals surface area contributed by atoms with Crippen molar-refractivity contribution in [1.82, 2.24) is 0 Å². The standard InChI is InChI=1S/C14H29N2O3/c1-7-18-12(19-8-2)10-16(6)13(17)11(15)9-14(3,4)5/h11-12H,6-10,15H2,1-5H3/q+1/t11-/m0/s1. The molecule has 0 spiro atoms. The predicted octanol–water partition coefficient (Wildman–Crippen LogP) is 1.39. The van der Waals surface area contributed by atoms with Crippen molar-refractivity contribution in [2.24, 2.45) is 11.1 Å². The molecule has 0 aliphatic carbocycles. The highest BCUT2D eigenvalue weighted by atomic mass is 16.7. The van der Waals surface area contributed by atoms with E-state index in [-0.39, 0.29) is 11.3 Å². The minimum atomic E-state index is -0.540. The topological polar surface area (TPSA) is 64.6 Å². The van der Waals surface area contributed by atoms with Gasteiger partial charge in [0.2, 0.25) is 12.8 Å². The largest absolute Gasteiger partial charge is 0.403 e. The Bertz CT molecular complexity index is 292. The molecule has 5 heteroatoms. The van der Waals surface area contributed by atoms with Crippen molar-refractivity contribution < 1.29 is 18.8 Å². The van der Waals surface area contributed by atoms with Gasteiger partial charge in [-0.15, -0.1) is 0 Å². The molecule has 5 nitrogen and oxygen atoms in total. The Morgan fingerprint density at radius 2 is 1.74 bits per heavy atom. The minimum absolute atomic E-state index is 0.00908. The third-order valence-corrected chi connectivity index (χ3v) is 2.54. The van der Waals surface area contributed by atoms with Gasteiger partial charge >= 0.3 is 5.91 Å². The van der Waals surface area contributed by atoms with Crippen LogP contribution in [0.4, 0.5) is 0 Å². The Labute approximate surface area is 116 Å². The predicted molar refractivity (Wildman–Crippen MR) is 76.3 cm³/mol. The molecule has 112 valence electrons. The van der Waals surface area contributed by atoms with Crippen LogP contribution in [0.25, 0.3) is 0 Å². The first-order valence-corrected chi connectivity index (χ1v) is 6.82. The van der Waals surface area contributed by atoms with Gasteiger partial charge in [0.05, 0.1) is 0 Å². The second-order valence-electron chi connectivity index (χ2n) is 5.77. The van der Waals surface area contributed by atoms with Gasteiger partial charge in [0.1, 0.15) is 12.8 Å². The number of hydrogen-bond donors (Lipinski definition) is 1. The average molecular weight is 273 g/mol. The zero-order valence-electron chi connectivity index (χ0n) is 12.9. The van der Waals surface area contributed by atoms with Gasteiger partial charge in [0, 0.05) is 13.2 Å². The van der Waals surface area contributed by atoms with Crippen LogP contribution in [0, 0.1) is 5.41 Å². The van der Waals surface area contributed by atoms with Crippen molar-refractivity contribution in [2.45, 2.75) is 53.4 Å². The molecule has 0 aromatic carbocycles. The van der Waals surface area contributed by atoms with E-state index in [9.17, 15) is 4.79 Å². The smallest absolute Gasteiger partial charge is 0.347 e. The van der Waals surface area contributed by atoms with Gasteiger partial charge in [-0.3, -0.25) is 0 Å². The summed E-state index contributed by atoms with van der Waals surface area (Å²) in [5, 5.41) is 0. The molecule has 0 bridgehead atoms. The van der Waals surface area contributed by atoms with E-state index < -0.39 is 12.3 Å². The van der Waals surface area contributed by atoms with Gasteiger partial charge in [-0.1, -0.05) is 20.8 Å². The summed E-state index contributed by atoms with van der Waals surface area (Å²) in [7, 11) is 0. The van der Waals surface area contributed by atoms with E-state index in [0.717, 1.165) is 0 Å². The first kappa shape index (κ1) is 18.2. The van der Waals surface area contributed by atoms with Crippen LogP contribution in [-0.2, 0) is 14.3 Å². The fourth-order valence-electron chi connectivity index (χ4n) is 1.78. The van der Waals surface area contributed by atoms with Crippen molar-refractivity contribution in [3.8, 4) is 0 Å². The molecule has 0 heterocycles. The molecule has 0 aromatic rings. The molecular weight excluding hydrogens is 244 g/mol. The highest BCUT2D eigenvalue weighted by Gasteiger charge is 2.30. The van der Waals surface area contributed by atoms with E-state index in [1.165, 1.54) is 4.58 Å². The monoisotopic (exact) mass is 273 g/mol. The van der Waals surface area contributed by atoms with E-state index in [1.807, 2.05) is 13.8 Å². The molecule has 0 aliphatic heterocycles. The van der Waals surface area contributed by atoms with Gasteiger partial charge in [-0.05, 0) is 25.7 Å². The first-order valence-electron chi connectivity index (χ1n) is 6.82. The molecule has 0 aliphatic rings. The van der Waals surface area contributed by atoms with Crippen molar-refractivity contribution in [3.05, 3.63) is 0 Å². The van der Waals surface area contributed by atoms with Crippen LogP contribution < -0.4 is 5.73 Å². The third-order valence-electron chi connectivity index (χ3n) is 2.54. The quantitative estimate of drug-likeness (QED) is 0.412. The molecular formula is C14H29N2O3+. The van der Waals surface area contributed by atoms with Crippen LogP contribution in [-0.4, -0.2) is 49.3 Å². The number of ether oxygens (including phenoxy) is 2. The van der Waals surface area contributed by atoms with Crippen LogP contribution >= 0.6 is 0 Å². The normalized spacial score (nSPS) is 13.6. The van der Waals surface area contributed by atoms with Gasteiger partial charge < -0.3 is 15.2 Å². The van der Waals surface area contributed by atoms with E-state index in [1.54, 1.807) is 0 Å². The van der Waals surface area contributed by atoms with Crippen molar-refractivity contribution in [2.75, 3.05) is 19.8 Å². The summed E-state index contributed by atoms with van der Waals surface area (Å²) in [4.78, 5) is 12.1. The van der Waals surface area contributed by atoms with Crippen LogP contribution in [0.5, 0.6) is 0 Å².